The van der Waals surface area contributed by atoms with E-state index in [1.165, 1.54) is 0 Å². The Morgan fingerprint density at radius 3 is 2.72 bits per heavy atom. The van der Waals surface area contributed by atoms with Crippen molar-refractivity contribution < 1.29 is 24.2 Å². The molecule has 2 aliphatic rings. The van der Waals surface area contributed by atoms with Crippen molar-refractivity contribution in [2.75, 3.05) is 19.9 Å². The van der Waals surface area contributed by atoms with Gasteiger partial charge in [-0.1, -0.05) is 6.07 Å². The van der Waals surface area contributed by atoms with Gasteiger partial charge in [0.2, 0.25) is 6.79 Å². The predicted molar refractivity (Wildman–Crippen MR) is 85.5 cm³/mol. The van der Waals surface area contributed by atoms with Crippen LogP contribution in [0.15, 0.2) is 30.5 Å². The lowest BCUT2D eigenvalue weighted by Gasteiger charge is -2.16. The Morgan fingerprint density at radius 2 is 2.00 bits per heavy atom. The Bertz CT molecular complexity index is 847. The van der Waals surface area contributed by atoms with Crippen LogP contribution < -0.4 is 9.47 Å². The Labute approximate surface area is 143 Å². The van der Waals surface area contributed by atoms with Crippen molar-refractivity contribution in [3.63, 3.8) is 0 Å². The molecule has 0 radical (unpaired) electrons. The number of carbonyl (C=O) groups is 2. The van der Waals surface area contributed by atoms with Crippen LogP contribution in [0, 0.1) is 5.92 Å². The van der Waals surface area contributed by atoms with E-state index in [1.807, 2.05) is 6.07 Å². The minimum Gasteiger partial charge on any atom is -0.481 e. The zero-order chi connectivity index (χ0) is 17.6. The van der Waals surface area contributed by atoms with Crippen LogP contribution in [0.1, 0.15) is 22.0 Å². The Balaban J connectivity index is 1.61. The smallest absolute Gasteiger partial charge is 0.308 e. The molecule has 0 unspecified atom stereocenters. The number of benzene rings is 1. The number of carboxylic acids is 1. The lowest BCUT2D eigenvalue weighted by atomic mass is 9.89. The third kappa shape index (κ3) is 2.69. The number of amides is 1. The molecule has 1 aromatic carbocycles. The molecule has 2 aromatic rings. The second kappa shape index (κ2) is 5.80. The summed E-state index contributed by atoms with van der Waals surface area (Å²) in [5.74, 6) is -0.895. The number of carbonyl (C=O) groups excluding carboxylic acids is 1. The van der Waals surface area contributed by atoms with Gasteiger partial charge in [-0.2, -0.15) is 5.10 Å². The van der Waals surface area contributed by atoms with Gasteiger partial charge >= 0.3 is 5.97 Å². The fourth-order valence-corrected chi connectivity index (χ4v) is 3.39. The van der Waals surface area contributed by atoms with E-state index in [0.717, 1.165) is 5.56 Å². The van der Waals surface area contributed by atoms with Gasteiger partial charge in [-0.05, 0) is 23.8 Å². The number of ether oxygens (including phenoxy) is 2. The molecule has 0 bridgehead atoms. The van der Waals surface area contributed by atoms with Crippen LogP contribution in [-0.2, 0) is 11.8 Å². The van der Waals surface area contributed by atoms with Gasteiger partial charge in [0.25, 0.3) is 5.91 Å². The van der Waals surface area contributed by atoms with Crippen LogP contribution in [0.3, 0.4) is 0 Å². The van der Waals surface area contributed by atoms with Gasteiger partial charge < -0.3 is 19.5 Å². The molecule has 8 nitrogen and oxygen atoms in total. The number of aryl methyl sites for hydroxylation is 1. The van der Waals surface area contributed by atoms with Crippen molar-refractivity contribution in [2.45, 2.75) is 5.92 Å². The number of aromatic nitrogens is 2. The van der Waals surface area contributed by atoms with Gasteiger partial charge in [-0.15, -0.1) is 0 Å². The fourth-order valence-electron chi connectivity index (χ4n) is 3.39. The molecule has 4 rings (SSSR count). The van der Waals surface area contributed by atoms with Gasteiger partial charge in [-0.25, -0.2) is 0 Å². The molecule has 2 atom stereocenters. The monoisotopic (exact) mass is 343 g/mol. The molecule has 130 valence electrons. The number of hydrogen-bond donors (Lipinski definition) is 1. The standard InChI is InChI=1S/C17H17N3O5/c1-19-5-4-13(18-19)16(21)20-7-11(12(8-20)17(22)23)10-2-3-14-15(6-10)25-9-24-14/h2-6,11-12H,7-9H2,1H3,(H,22,23)/t11-,12+/m1/s1. The summed E-state index contributed by atoms with van der Waals surface area (Å²) in [6.45, 7) is 0.645. The molecule has 1 fully saturated rings. The molecule has 1 aromatic heterocycles. The first kappa shape index (κ1) is 15.5. The number of aliphatic carboxylic acids is 1. The minimum atomic E-state index is -0.918. The summed E-state index contributed by atoms with van der Waals surface area (Å²) >= 11 is 0. The van der Waals surface area contributed by atoms with E-state index >= 15 is 0 Å². The number of likely N-dealkylation sites (tertiary alicyclic amines) is 1. The number of carboxylic acid groups (broad SMARTS) is 1. The third-order valence-corrected chi connectivity index (χ3v) is 4.68. The van der Waals surface area contributed by atoms with E-state index in [1.54, 1.807) is 41.0 Å². The summed E-state index contributed by atoms with van der Waals surface area (Å²) in [4.78, 5) is 25.9. The lowest BCUT2D eigenvalue weighted by Crippen LogP contribution is -2.30. The van der Waals surface area contributed by atoms with Crippen molar-refractivity contribution in [3.05, 3.63) is 41.7 Å². The van der Waals surface area contributed by atoms with Crippen LogP contribution in [0.25, 0.3) is 0 Å². The highest BCUT2D eigenvalue weighted by Gasteiger charge is 2.41. The lowest BCUT2D eigenvalue weighted by molar-refractivity contribution is -0.141. The molecule has 0 aliphatic carbocycles. The highest BCUT2D eigenvalue weighted by molar-refractivity contribution is 5.93. The van der Waals surface area contributed by atoms with Gasteiger partial charge in [0.05, 0.1) is 5.92 Å². The summed E-state index contributed by atoms with van der Waals surface area (Å²) in [5.41, 5.74) is 1.14. The second-order valence-corrected chi connectivity index (χ2v) is 6.25. The molecule has 1 saturated heterocycles. The minimum absolute atomic E-state index is 0.157. The number of rotatable bonds is 3. The molecular weight excluding hydrogens is 326 g/mol. The van der Waals surface area contributed by atoms with Crippen molar-refractivity contribution in [1.82, 2.24) is 14.7 Å². The van der Waals surface area contributed by atoms with E-state index < -0.39 is 11.9 Å². The average molecular weight is 343 g/mol. The molecule has 25 heavy (non-hydrogen) atoms. The van der Waals surface area contributed by atoms with E-state index in [-0.39, 0.29) is 25.2 Å². The summed E-state index contributed by atoms with van der Waals surface area (Å²) in [5, 5.41) is 13.7. The Hall–Kier alpha value is -3.03. The van der Waals surface area contributed by atoms with Crippen LogP contribution in [0.2, 0.25) is 0 Å². The van der Waals surface area contributed by atoms with Gasteiger partial charge in [0.15, 0.2) is 11.5 Å². The molecule has 8 heteroatoms. The summed E-state index contributed by atoms with van der Waals surface area (Å²) in [7, 11) is 1.73. The summed E-state index contributed by atoms with van der Waals surface area (Å²) in [6.07, 6.45) is 1.69. The van der Waals surface area contributed by atoms with E-state index in [9.17, 15) is 14.7 Å². The zero-order valence-corrected chi connectivity index (χ0v) is 13.6. The highest BCUT2D eigenvalue weighted by atomic mass is 16.7. The van der Waals surface area contributed by atoms with E-state index in [2.05, 4.69) is 5.10 Å². The summed E-state index contributed by atoms with van der Waals surface area (Å²) in [6, 6.07) is 7.05. The van der Waals surface area contributed by atoms with Gasteiger partial charge in [0, 0.05) is 32.3 Å². The fraction of sp³-hybridized carbons (Fsp3) is 0.353. The topological polar surface area (TPSA) is 93.9 Å². The number of hydrogen-bond acceptors (Lipinski definition) is 5. The van der Waals surface area contributed by atoms with E-state index in [0.29, 0.717) is 23.7 Å². The summed E-state index contributed by atoms with van der Waals surface area (Å²) < 4.78 is 12.2. The molecule has 0 saturated carbocycles. The third-order valence-electron chi connectivity index (χ3n) is 4.68. The van der Waals surface area contributed by atoms with E-state index in [4.69, 9.17) is 9.47 Å². The van der Waals surface area contributed by atoms with Gasteiger partial charge in [-0.3, -0.25) is 14.3 Å². The quantitative estimate of drug-likeness (QED) is 0.897. The molecule has 1 N–H and O–H groups in total. The van der Waals surface area contributed by atoms with Crippen molar-refractivity contribution in [1.29, 1.82) is 0 Å². The van der Waals surface area contributed by atoms with Crippen LogP contribution in [0.4, 0.5) is 0 Å². The average Bonchev–Trinajstić information content (AvgIpc) is 3.32. The first-order valence-electron chi connectivity index (χ1n) is 7.94. The SMILES string of the molecule is Cn1ccc(C(=O)N2C[C@H](C(=O)O)[C@@H](c3ccc4c(c3)OCO4)C2)n1. The second-order valence-electron chi connectivity index (χ2n) is 6.25. The maximum atomic E-state index is 12.6. The maximum Gasteiger partial charge on any atom is 0.308 e. The molecule has 0 spiro atoms. The van der Waals surface area contributed by atoms with Crippen LogP contribution >= 0.6 is 0 Å². The maximum absolute atomic E-state index is 12.6. The van der Waals surface area contributed by atoms with Crippen LogP contribution in [0.5, 0.6) is 11.5 Å². The number of nitrogens with zero attached hydrogens (tertiary/aromatic N) is 3. The molecular formula is C17H17N3O5. The molecule has 1 amide bonds. The molecule has 3 heterocycles. The van der Waals surface area contributed by atoms with Crippen molar-refractivity contribution in [2.24, 2.45) is 13.0 Å². The Kier molecular flexibility index (Phi) is 3.60. The number of fused-ring (bicyclic) bond motifs is 1. The zero-order valence-electron chi connectivity index (χ0n) is 13.6. The van der Waals surface area contributed by atoms with Gasteiger partial charge in [0.1, 0.15) is 5.69 Å². The largest absolute Gasteiger partial charge is 0.481 e. The highest BCUT2D eigenvalue weighted by Crippen LogP contribution is 2.39. The Morgan fingerprint density at radius 1 is 1.20 bits per heavy atom. The molecule has 2 aliphatic heterocycles. The predicted octanol–water partition coefficient (Wildman–Crippen LogP) is 1.09. The van der Waals surface area contributed by atoms with Crippen molar-refractivity contribution >= 4 is 11.9 Å². The first-order chi connectivity index (χ1) is 12.0. The van der Waals surface area contributed by atoms with Crippen molar-refractivity contribution in [3.8, 4) is 11.5 Å². The normalized spacial score (nSPS) is 21.6. The van der Waals surface area contributed by atoms with Crippen LogP contribution in [-0.4, -0.2) is 51.5 Å². The first-order valence-corrected chi connectivity index (χ1v) is 7.94.